The van der Waals surface area contributed by atoms with Gasteiger partial charge in [-0.1, -0.05) is 11.6 Å². The van der Waals surface area contributed by atoms with Crippen molar-refractivity contribution in [3.05, 3.63) is 39.8 Å². The molecular weight excluding hydrogens is 178 g/mol. The summed E-state index contributed by atoms with van der Waals surface area (Å²) in [4.78, 5) is 14.6. The molecule has 0 unspecified atom stereocenters. The van der Waals surface area contributed by atoms with E-state index in [1.165, 1.54) is 0 Å². The molecule has 1 aromatic heterocycles. The van der Waals surface area contributed by atoms with Gasteiger partial charge in [0.2, 0.25) is 0 Å². The first kappa shape index (κ1) is 7.31. The Kier molecular flexibility index (Phi) is 1.59. The summed E-state index contributed by atoms with van der Waals surface area (Å²) in [5, 5.41) is 0.573. The topological polar surface area (TPSA) is 43.1 Å². The summed E-state index contributed by atoms with van der Waals surface area (Å²) in [6, 6.07) is 4.90. The molecule has 0 amide bonds. The zero-order valence-corrected chi connectivity index (χ0v) is 6.71. The summed E-state index contributed by atoms with van der Waals surface area (Å²) in [6.45, 7) is 0. The van der Waals surface area contributed by atoms with Crippen LogP contribution in [0.3, 0.4) is 0 Å². The van der Waals surface area contributed by atoms with Crippen LogP contribution in [-0.4, -0.2) is 4.98 Å². The van der Waals surface area contributed by atoms with E-state index in [4.69, 9.17) is 16.0 Å². The highest BCUT2D eigenvalue weighted by Crippen LogP contribution is 2.14. The molecule has 0 atom stereocenters. The molecule has 60 valence electrons. The highest BCUT2D eigenvalue weighted by molar-refractivity contribution is 6.31. The van der Waals surface area contributed by atoms with Gasteiger partial charge in [-0.2, -0.15) is 0 Å². The number of aromatic nitrogens is 1. The molecule has 0 aliphatic heterocycles. The van der Waals surface area contributed by atoms with Crippen molar-refractivity contribution in [1.29, 1.82) is 0 Å². The van der Waals surface area contributed by atoms with E-state index in [1.54, 1.807) is 18.2 Å². The fourth-order valence-corrected chi connectivity index (χ4v) is 1.10. The predicted octanol–water partition coefficient (Wildman–Crippen LogP) is 1.84. The highest BCUT2D eigenvalue weighted by Gasteiger charge is 1.97. The number of benzene rings is 1. The maximum absolute atomic E-state index is 10.7. The predicted molar refractivity (Wildman–Crippen MR) is 45.3 cm³/mol. The molecule has 0 N–H and O–H groups in total. The minimum atomic E-state index is -0.454. The average Bonchev–Trinajstić information content (AvgIpc) is 2.05. The Labute approximate surface area is 72.6 Å². The second-order valence-corrected chi connectivity index (χ2v) is 2.73. The Morgan fingerprint density at radius 2 is 2.25 bits per heavy atom. The molecule has 0 aliphatic rings. The van der Waals surface area contributed by atoms with Crippen LogP contribution in [0.25, 0.3) is 11.1 Å². The number of hydrogen-bond donors (Lipinski definition) is 0. The summed E-state index contributed by atoms with van der Waals surface area (Å²) in [5.74, 6) is 0. The van der Waals surface area contributed by atoms with Gasteiger partial charge in [-0.05, 0) is 18.2 Å². The molecule has 0 saturated carbocycles. The van der Waals surface area contributed by atoms with Gasteiger partial charge in [0.1, 0.15) is 11.7 Å². The maximum atomic E-state index is 10.7. The molecule has 2 rings (SSSR count). The van der Waals surface area contributed by atoms with Crippen molar-refractivity contribution < 1.29 is 4.42 Å². The zero-order chi connectivity index (χ0) is 8.55. The number of rotatable bonds is 0. The van der Waals surface area contributed by atoms with E-state index in [0.29, 0.717) is 16.1 Å². The minimum Gasteiger partial charge on any atom is -0.420 e. The number of halogens is 1. The molecule has 0 fully saturated rings. The standard InChI is InChI=1S/C8H4ClNO2/c9-5-1-2-7-6(3-5)10-4-8(11)12-7/h1-4H. The van der Waals surface area contributed by atoms with Crippen molar-refractivity contribution in [2.75, 3.05) is 0 Å². The molecule has 12 heavy (non-hydrogen) atoms. The summed E-state index contributed by atoms with van der Waals surface area (Å²) < 4.78 is 4.84. The SMILES string of the molecule is O=c1cnc2cc(Cl)ccc2o1. The van der Waals surface area contributed by atoms with Crippen LogP contribution in [0.15, 0.2) is 33.6 Å². The van der Waals surface area contributed by atoms with Crippen molar-refractivity contribution in [3.63, 3.8) is 0 Å². The quantitative estimate of drug-likeness (QED) is 0.623. The molecule has 2 aromatic rings. The van der Waals surface area contributed by atoms with Gasteiger partial charge in [-0.3, -0.25) is 0 Å². The fraction of sp³-hybridized carbons (Fsp3) is 0. The van der Waals surface area contributed by atoms with Crippen LogP contribution in [0, 0.1) is 0 Å². The lowest BCUT2D eigenvalue weighted by Crippen LogP contribution is -1.97. The summed E-state index contributed by atoms with van der Waals surface area (Å²) in [6.07, 6.45) is 1.12. The Balaban J connectivity index is 2.87. The highest BCUT2D eigenvalue weighted by atomic mass is 35.5. The Bertz CT molecular complexity index is 478. The van der Waals surface area contributed by atoms with Crippen molar-refractivity contribution >= 4 is 22.7 Å². The fourth-order valence-electron chi connectivity index (χ4n) is 0.935. The lowest BCUT2D eigenvalue weighted by Gasteiger charge is -1.93. The lowest BCUT2D eigenvalue weighted by atomic mass is 10.3. The molecule has 3 nitrogen and oxygen atoms in total. The molecule has 0 aliphatic carbocycles. The molecule has 0 saturated heterocycles. The first-order valence-electron chi connectivity index (χ1n) is 3.31. The Morgan fingerprint density at radius 1 is 1.42 bits per heavy atom. The molecule has 4 heteroatoms. The first-order valence-corrected chi connectivity index (χ1v) is 3.69. The Morgan fingerprint density at radius 3 is 3.08 bits per heavy atom. The molecule has 1 heterocycles. The zero-order valence-electron chi connectivity index (χ0n) is 5.95. The maximum Gasteiger partial charge on any atom is 0.354 e. The summed E-state index contributed by atoms with van der Waals surface area (Å²) in [5.41, 5.74) is 0.582. The van der Waals surface area contributed by atoms with Crippen molar-refractivity contribution in [1.82, 2.24) is 4.98 Å². The van der Waals surface area contributed by atoms with Gasteiger partial charge >= 0.3 is 5.63 Å². The monoisotopic (exact) mass is 181 g/mol. The molecule has 0 bridgehead atoms. The third kappa shape index (κ3) is 1.19. The van der Waals surface area contributed by atoms with Gasteiger partial charge in [-0.15, -0.1) is 0 Å². The molecule has 1 aromatic carbocycles. The summed E-state index contributed by atoms with van der Waals surface area (Å²) >= 11 is 5.70. The van der Waals surface area contributed by atoms with E-state index in [-0.39, 0.29) is 0 Å². The van der Waals surface area contributed by atoms with Crippen molar-refractivity contribution in [2.24, 2.45) is 0 Å². The first-order chi connectivity index (χ1) is 5.75. The normalized spacial score (nSPS) is 10.4. The number of nitrogens with zero attached hydrogens (tertiary/aromatic N) is 1. The van der Waals surface area contributed by atoms with Crippen LogP contribution in [0.5, 0.6) is 0 Å². The van der Waals surface area contributed by atoms with E-state index in [2.05, 4.69) is 4.98 Å². The van der Waals surface area contributed by atoms with Gasteiger partial charge in [0.05, 0.1) is 0 Å². The smallest absolute Gasteiger partial charge is 0.354 e. The van der Waals surface area contributed by atoms with Gasteiger partial charge in [-0.25, -0.2) is 9.78 Å². The van der Waals surface area contributed by atoms with Crippen molar-refractivity contribution in [2.45, 2.75) is 0 Å². The van der Waals surface area contributed by atoms with Crippen LogP contribution in [0.1, 0.15) is 0 Å². The second-order valence-electron chi connectivity index (χ2n) is 2.29. The van der Waals surface area contributed by atoms with Crippen LogP contribution in [0.4, 0.5) is 0 Å². The third-order valence-corrected chi connectivity index (χ3v) is 1.68. The van der Waals surface area contributed by atoms with E-state index in [9.17, 15) is 4.79 Å². The van der Waals surface area contributed by atoms with E-state index in [1.807, 2.05) is 0 Å². The lowest BCUT2D eigenvalue weighted by molar-refractivity contribution is 0.555. The summed E-state index contributed by atoms with van der Waals surface area (Å²) in [7, 11) is 0. The molecule has 0 radical (unpaired) electrons. The van der Waals surface area contributed by atoms with Gasteiger partial charge < -0.3 is 4.42 Å². The largest absolute Gasteiger partial charge is 0.420 e. The minimum absolute atomic E-state index is 0.451. The molecular formula is C8H4ClNO2. The number of hydrogen-bond acceptors (Lipinski definition) is 3. The van der Waals surface area contributed by atoms with Gasteiger partial charge in [0.25, 0.3) is 0 Å². The van der Waals surface area contributed by atoms with E-state index >= 15 is 0 Å². The van der Waals surface area contributed by atoms with E-state index < -0.39 is 5.63 Å². The van der Waals surface area contributed by atoms with Gasteiger partial charge in [0, 0.05) is 5.02 Å². The van der Waals surface area contributed by atoms with E-state index in [0.717, 1.165) is 6.20 Å². The van der Waals surface area contributed by atoms with Crippen LogP contribution < -0.4 is 5.63 Å². The van der Waals surface area contributed by atoms with Crippen LogP contribution in [-0.2, 0) is 0 Å². The van der Waals surface area contributed by atoms with Crippen LogP contribution >= 0.6 is 11.6 Å². The average molecular weight is 182 g/mol. The Hall–Kier alpha value is -1.35. The third-order valence-electron chi connectivity index (χ3n) is 1.44. The second kappa shape index (κ2) is 2.60. The van der Waals surface area contributed by atoms with Gasteiger partial charge in [0.15, 0.2) is 5.58 Å². The number of fused-ring (bicyclic) bond motifs is 1. The molecule has 0 spiro atoms. The van der Waals surface area contributed by atoms with Crippen molar-refractivity contribution in [3.8, 4) is 0 Å². The van der Waals surface area contributed by atoms with Crippen LogP contribution in [0.2, 0.25) is 5.02 Å².